The number of aromatic nitrogens is 3. The Labute approximate surface area is 210 Å². The van der Waals surface area contributed by atoms with E-state index < -0.39 is 18.2 Å². The fourth-order valence-electron chi connectivity index (χ4n) is 4.75. The summed E-state index contributed by atoms with van der Waals surface area (Å²) in [5, 5.41) is 18.3. The Hall–Kier alpha value is -3.78. The van der Waals surface area contributed by atoms with Crippen molar-refractivity contribution in [3.8, 4) is 11.3 Å². The molecular formula is C26H25B2N4O4. The van der Waals surface area contributed by atoms with Crippen LogP contribution in [0.25, 0.3) is 16.9 Å². The number of nitrogens with one attached hydrogen (secondary N) is 1. The molecule has 1 saturated carbocycles. The van der Waals surface area contributed by atoms with Crippen LogP contribution >= 0.6 is 0 Å². The molecule has 1 fully saturated rings. The van der Waals surface area contributed by atoms with Crippen LogP contribution in [0.2, 0.25) is 0 Å². The van der Waals surface area contributed by atoms with Gasteiger partial charge in [-0.1, -0.05) is 0 Å². The van der Waals surface area contributed by atoms with Crippen molar-refractivity contribution in [2.24, 2.45) is 5.92 Å². The topological polar surface area (TPSA) is 98.0 Å². The summed E-state index contributed by atoms with van der Waals surface area (Å²) in [5.74, 6) is -0.106. The average molecular weight is 479 g/mol. The van der Waals surface area contributed by atoms with E-state index in [1.807, 2.05) is 55.5 Å². The van der Waals surface area contributed by atoms with Crippen LogP contribution in [-0.2, 0) is 9.39 Å². The van der Waals surface area contributed by atoms with E-state index >= 15 is 0 Å². The van der Waals surface area contributed by atoms with Gasteiger partial charge in [-0.05, 0) is 0 Å². The molecule has 5 rings (SSSR count). The van der Waals surface area contributed by atoms with Crippen LogP contribution in [0.3, 0.4) is 0 Å². The first kappa shape index (κ1) is 23.9. The van der Waals surface area contributed by atoms with Crippen molar-refractivity contribution in [1.29, 1.82) is 0 Å². The number of ether oxygens (including phenoxy) is 1. The van der Waals surface area contributed by atoms with Gasteiger partial charge in [0.25, 0.3) is 0 Å². The molecule has 0 bridgehead atoms. The number of hydrogen-bond donors (Lipinski definition) is 2. The van der Waals surface area contributed by atoms with Gasteiger partial charge in [-0.25, -0.2) is 0 Å². The van der Waals surface area contributed by atoms with Crippen LogP contribution in [0.5, 0.6) is 0 Å². The summed E-state index contributed by atoms with van der Waals surface area (Å²) in [4.78, 5) is 17.4. The van der Waals surface area contributed by atoms with Crippen LogP contribution in [0.15, 0.2) is 72.8 Å². The molecule has 36 heavy (non-hydrogen) atoms. The molecule has 2 aromatic heterocycles. The number of rotatable bonds is 8. The van der Waals surface area contributed by atoms with E-state index in [2.05, 4.69) is 10.3 Å². The van der Waals surface area contributed by atoms with Crippen molar-refractivity contribution in [3.05, 3.63) is 84.1 Å². The normalized spacial score (nSPS) is 21.1. The summed E-state index contributed by atoms with van der Waals surface area (Å²) in [5.41, 5.74) is 3.73. The van der Waals surface area contributed by atoms with E-state index in [0.717, 1.165) is 24.0 Å². The monoisotopic (exact) mass is 479 g/mol. The summed E-state index contributed by atoms with van der Waals surface area (Å²) < 4.78 is 13.3. The minimum atomic E-state index is -0.698. The zero-order valence-electron chi connectivity index (χ0n) is 19.8. The zero-order valence-corrected chi connectivity index (χ0v) is 19.8. The van der Waals surface area contributed by atoms with E-state index in [1.54, 1.807) is 28.8 Å². The number of anilines is 1. The van der Waals surface area contributed by atoms with Crippen molar-refractivity contribution in [3.63, 3.8) is 0 Å². The first-order chi connectivity index (χ1) is 17.6. The molecule has 4 aromatic rings. The zero-order chi connectivity index (χ0) is 25.1. The molecule has 10 heteroatoms. The molecule has 2 heterocycles. The van der Waals surface area contributed by atoms with Crippen molar-refractivity contribution >= 4 is 31.8 Å². The van der Waals surface area contributed by atoms with Crippen LogP contribution in [0.4, 0.5) is 5.82 Å². The Bertz CT molecular complexity index is 1370. The van der Waals surface area contributed by atoms with Gasteiger partial charge in [0.15, 0.2) is 0 Å². The molecule has 4 atom stereocenters. The fourth-order valence-corrected chi connectivity index (χ4v) is 4.75. The van der Waals surface area contributed by atoms with E-state index in [9.17, 15) is 9.90 Å². The van der Waals surface area contributed by atoms with Crippen molar-refractivity contribution in [2.45, 2.75) is 31.6 Å². The Morgan fingerprint density at radius 1 is 1.14 bits per heavy atom. The number of aliphatic hydroxyl groups is 1. The molecule has 1 aliphatic carbocycles. The summed E-state index contributed by atoms with van der Waals surface area (Å²) in [6, 6.07) is 22.1. The number of aliphatic hydroxyl groups excluding tert-OH is 1. The second-order valence-corrected chi connectivity index (χ2v) is 8.85. The predicted molar refractivity (Wildman–Crippen MR) is 138 cm³/mol. The molecule has 1 aliphatic rings. The molecule has 0 unspecified atom stereocenters. The molecule has 0 amide bonds. The van der Waals surface area contributed by atoms with Crippen LogP contribution in [0.1, 0.15) is 22.5 Å². The van der Waals surface area contributed by atoms with Gasteiger partial charge in [0, 0.05) is 0 Å². The number of nitrogens with zero attached hydrogens (tertiary/aromatic N) is 3. The second kappa shape index (κ2) is 10.5. The van der Waals surface area contributed by atoms with Gasteiger partial charge in [-0.2, -0.15) is 0 Å². The van der Waals surface area contributed by atoms with Gasteiger partial charge >= 0.3 is 210 Å². The molecule has 1 radical (unpaired) electrons. The molecule has 2 aromatic carbocycles. The Kier molecular flexibility index (Phi) is 6.95. The van der Waals surface area contributed by atoms with E-state index in [4.69, 9.17) is 21.9 Å². The van der Waals surface area contributed by atoms with Gasteiger partial charge in [0.1, 0.15) is 0 Å². The standard InChI is InChI=1S/C26H25B2N4O4/c1-16-12-22(32-23(29-16)14-20(31-32)17-8-4-2-5-9-17)30-21-13-19(15-33)24(25(21)36-28-27)35-26(34)18-10-6-3-7-11-18/h2-12,14,19,21,24-25,30,33H,13,15H2,1H3/t19-,21-,24-,25+/m1/s1. The summed E-state index contributed by atoms with van der Waals surface area (Å²) in [6.07, 6.45) is -0.819. The number of esters is 1. The van der Waals surface area contributed by atoms with Crippen molar-refractivity contribution < 1.29 is 19.3 Å². The first-order valence-electron chi connectivity index (χ1n) is 11.8. The molecular weight excluding hydrogens is 454 g/mol. The number of carbonyl (C=O) groups is 1. The van der Waals surface area contributed by atoms with Crippen molar-refractivity contribution in [2.75, 3.05) is 11.9 Å². The number of fused-ring (bicyclic) bond motifs is 1. The van der Waals surface area contributed by atoms with E-state index in [1.165, 1.54) is 0 Å². The summed E-state index contributed by atoms with van der Waals surface area (Å²) >= 11 is 0. The third-order valence-electron chi connectivity index (χ3n) is 6.42. The SMILES string of the molecule is [B]=BO[C@@H]1[C@H](OC(=O)c2ccccc2)[C@@H](CO)C[C@H]1Nc1cc(C)nc2cc(-c3ccccc3)nn12. The van der Waals surface area contributed by atoms with E-state index in [0.29, 0.717) is 23.4 Å². The Morgan fingerprint density at radius 3 is 2.56 bits per heavy atom. The number of benzene rings is 2. The average Bonchev–Trinajstić information content (AvgIpc) is 3.47. The maximum atomic E-state index is 12.8. The third kappa shape index (κ3) is 4.81. The van der Waals surface area contributed by atoms with Gasteiger partial charge in [-0.3, -0.25) is 0 Å². The molecule has 8 nitrogen and oxygen atoms in total. The minimum absolute atomic E-state index is 0.167. The van der Waals surface area contributed by atoms with Gasteiger partial charge in [-0.15, -0.1) is 0 Å². The molecule has 0 spiro atoms. The van der Waals surface area contributed by atoms with Gasteiger partial charge in [0.2, 0.25) is 0 Å². The predicted octanol–water partition coefficient (Wildman–Crippen LogP) is 2.81. The third-order valence-corrected chi connectivity index (χ3v) is 6.42. The fraction of sp³-hybridized carbons (Fsp3) is 0.269. The maximum absolute atomic E-state index is 12.8. The van der Waals surface area contributed by atoms with Crippen LogP contribution in [-0.4, -0.2) is 64.9 Å². The second-order valence-electron chi connectivity index (χ2n) is 8.85. The molecule has 2 N–H and O–H groups in total. The Morgan fingerprint density at radius 2 is 1.86 bits per heavy atom. The van der Waals surface area contributed by atoms with Crippen LogP contribution < -0.4 is 5.32 Å². The number of hydrogen-bond acceptors (Lipinski definition) is 7. The number of aryl methyl sites for hydroxylation is 1. The number of carbonyl (C=O) groups excluding carboxylic acids is 1. The molecule has 179 valence electrons. The molecule has 0 aliphatic heterocycles. The van der Waals surface area contributed by atoms with Crippen molar-refractivity contribution in [1.82, 2.24) is 14.6 Å². The van der Waals surface area contributed by atoms with Gasteiger partial charge < -0.3 is 0 Å². The van der Waals surface area contributed by atoms with Gasteiger partial charge in [0.05, 0.1) is 0 Å². The summed E-state index contributed by atoms with van der Waals surface area (Å²) in [6.45, 7) is 1.75. The van der Waals surface area contributed by atoms with E-state index in [-0.39, 0.29) is 18.6 Å². The first-order valence-corrected chi connectivity index (χ1v) is 11.8. The quantitative estimate of drug-likeness (QED) is 0.297. The van der Waals surface area contributed by atoms with Crippen LogP contribution in [0, 0.1) is 12.8 Å². The molecule has 0 saturated heterocycles. The summed E-state index contributed by atoms with van der Waals surface area (Å²) in [7, 11) is 6.73. The Balaban J connectivity index is 1.44.